The maximum atomic E-state index is 11.4. The number of hydrogen-bond donors (Lipinski definition) is 4. The summed E-state index contributed by atoms with van der Waals surface area (Å²) in [6.45, 7) is 2.65. The van der Waals surface area contributed by atoms with Crippen LogP contribution in [0, 0.1) is 0 Å². The van der Waals surface area contributed by atoms with Gasteiger partial charge in [0.2, 0.25) is 5.91 Å². The number of carbonyl (C=O) groups is 2. The van der Waals surface area contributed by atoms with E-state index in [2.05, 4.69) is 21.3 Å². The fourth-order valence-electron chi connectivity index (χ4n) is 1.38. The summed E-state index contributed by atoms with van der Waals surface area (Å²) in [6.07, 6.45) is 0. The third-order valence-electron chi connectivity index (χ3n) is 2.08. The Labute approximate surface area is 106 Å². The number of urea groups is 1. The molecule has 0 unspecified atom stereocenters. The first kappa shape index (κ1) is 14.0. The molecule has 6 nitrogen and oxygen atoms in total. The van der Waals surface area contributed by atoms with Gasteiger partial charge in [-0.3, -0.25) is 4.79 Å². The average Bonchev–Trinajstić information content (AvgIpc) is 2.29. The number of anilines is 2. The maximum Gasteiger partial charge on any atom is 0.319 e. The predicted octanol–water partition coefficient (Wildman–Crippen LogP) is 0.986. The Morgan fingerprint density at radius 1 is 1.17 bits per heavy atom. The topological polar surface area (TPSA) is 82.3 Å². The quantitative estimate of drug-likeness (QED) is 0.629. The SMILES string of the molecule is CCNC(=O)Nc1cccc(NC(=O)CNC)c1. The van der Waals surface area contributed by atoms with Crippen molar-refractivity contribution in [1.82, 2.24) is 10.6 Å². The molecule has 0 fully saturated rings. The van der Waals surface area contributed by atoms with Crippen molar-refractivity contribution in [3.63, 3.8) is 0 Å². The Bertz CT molecular complexity index is 385. The summed E-state index contributed by atoms with van der Waals surface area (Å²) in [6, 6.07) is 6.70. The molecule has 18 heavy (non-hydrogen) atoms. The number of nitrogens with one attached hydrogen (secondary N) is 4. The normalized spacial score (nSPS) is 9.67. The fourth-order valence-corrected chi connectivity index (χ4v) is 1.38. The number of hydrogen-bond acceptors (Lipinski definition) is 3. The van der Waals surface area contributed by atoms with E-state index < -0.39 is 0 Å². The van der Waals surface area contributed by atoms with Crippen LogP contribution in [0.4, 0.5) is 16.2 Å². The first-order valence-corrected chi connectivity index (χ1v) is 5.75. The monoisotopic (exact) mass is 250 g/mol. The van der Waals surface area contributed by atoms with Crippen molar-refractivity contribution in [3.8, 4) is 0 Å². The van der Waals surface area contributed by atoms with Crippen molar-refractivity contribution in [2.45, 2.75) is 6.92 Å². The second-order valence-corrected chi connectivity index (χ2v) is 3.64. The first-order valence-electron chi connectivity index (χ1n) is 5.75. The zero-order valence-electron chi connectivity index (χ0n) is 10.5. The summed E-state index contributed by atoms with van der Waals surface area (Å²) in [5.74, 6) is -0.132. The summed E-state index contributed by atoms with van der Waals surface area (Å²) >= 11 is 0. The van der Waals surface area contributed by atoms with Gasteiger partial charge < -0.3 is 21.3 Å². The van der Waals surface area contributed by atoms with E-state index in [-0.39, 0.29) is 18.5 Å². The highest BCUT2D eigenvalue weighted by Gasteiger charge is 2.03. The molecule has 0 bridgehead atoms. The van der Waals surface area contributed by atoms with Crippen molar-refractivity contribution in [2.24, 2.45) is 0 Å². The lowest BCUT2D eigenvalue weighted by atomic mass is 10.2. The van der Waals surface area contributed by atoms with E-state index in [1.165, 1.54) is 0 Å². The molecule has 0 aliphatic heterocycles. The van der Waals surface area contributed by atoms with Gasteiger partial charge in [0, 0.05) is 17.9 Å². The summed E-state index contributed by atoms with van der Waals surface area (Å²) in [5, 5.41) is 10.8. The van der Waals surface area contributed by atoms with Crippen LogP contribution < -0.4 is 21.3 Å². The Morgan fingerprint density at radius 2 is 1.83 bits per heavy atom. The van der Waals surface area contributed by atoms with Gasteiger partial charge in [-0.2, -0.15) is 0 Å². The molecule has 0 radical (unpaired) electrons. The molecule has 0 aliphatic rings. The standard InChI is InChI=1S/C12H18N4O2/c1-3-14-12(18)16-10-6-4-5-9(7-10)15-11(17)8-13-2/h4-7,13H,3,8H2,1-2H3,(H,15,17)(H2,14,16,18). The van der Waals surface area contributed by atoms with Gasteiger partial charge in [0.15, 0.2) is 0 Å². The van der Waals surface area contributed by atoms with Crippen molar-refractivity contribution in [3.05, 3.63) is 24.3 Å². The lowest BCUT2D eigenvalue weighted by Crippen LogP contribution is -2.28. The van der Waals surface area contributed by atoms with Crippen molar-refractivity contribution < 1.29 is 9.59 Å². The Kier molecular flexibility index (Phi) is 5.66. The van der Waals surface area contributed by atoms with E-state index >= 15 is 0 Å². The minimum Gasteiger partial charge on any atom is -0.338 e. The van der Waals surface area contributed by atoms with Crippen LogP contribution >= 0.6 is 0 Å². The van der Waals surface area contributed by atoms with E-state index in [0.29, 0.717) is 17.9 Å². The van der Waals surface area contributed by atoms with E-state index in [9.17, 15) is 9.59 Å². The van der Waals surface area contributed by atoms with Crippen molar-refractivity contribution >= 4 is 23.3 Å². The van der Waals surface area contributed by atoms with Gasteiger partial charge in [-0.05, 0) is 32.2 Å². The molecule has 0 atom stereocenters. The summed E-state index contributed by atoms with van der Waals surface area (Å²) < 4.78 is 0. The molecule has 4 N–H and O–H groups in total. The molecule has 3 amide bonds. The lowest BCUT2D eigenvalue weighted by Gasteiger charge is -2.09. The van der Waals surface area contributed by atoms with Crippen molar-refractivity contribution in [2.75, 3.05) is 30.8 Å². The van der Waals surface area contributed by atoms with Crippen LogP contribution in [-0.2, 0) is 4.79 Å². The van der Waals surface area contributed by atoms with Crippen LogP contribution in [0.25, 0.3) is 0 Å². The highest BCUT2D eigenvalue weighted by molar-refractivity contribution is 5.94. The van der Waals surface area contributed by atoms with E-state index in [1.807, 2.05) is 6.92 Å². The third kappa shape index (κ3) is 4.84. The van der Waals surface area contributed by atoms with Gasteiger partial charge in [0.1, 0.15) is 0 Å². The average molecular weight is 250 g/mol. The van der Waals surface area contributed by atoms with Crippen molar-refractivity contribution in [1.29, 1.82) is 0 Å². The van der Waals surface area contributed by atoms with Crippen LogP contribution in [0.1, 0.15) is 6.92 Å². The summed E-state index contributed by atoms with van der Waals surface area (Å²) in [4.78, 5) is 22.7. The largest absolute Gasteiger partial charge is 0.338 e. The smallest absolute Gasteiger partial charge is 0.319 e. The molecule has 0 aliphatic carbocycles. The number of carbonyl (C=O) groups excluding carboxylic acids is 2. The zero-order valence-corrected chi connectivity index (χ0v) is 10.5. The first-order chi connectivity index (χ1) is 8.65. The van der Waals surface area contributed by atoms with Crippen LogP contribution in [0.15, 0.2) is 24.3 Å². The van der Waals surface area contributed by atoms with Gasteiger partial charge in [0.05, 0.1) is 6.54 Å². The third-order valence-corrected chi connectivity index (χ3v) is 2.08. The lowest BCUT2D eigenvalue weighted by molar-refractivity contribution is -0.115. The number of amides is 3. The molecule has 1 rings (SSSR count). The molecule has 0 saturated heterocycles. The van der Waals surface area contributed by atoms with Crippen LogP contribution in [0.3, 0.4) is 0 Å². The molecule has 6 heteroatoms. The number of rotatable bonds is 5. The molecular formula is C12H18N4O2. The zero-order chi connectivity index (χ0) is 13.4. The molecule has 1 aromatic rings. The Balaban J connectivity index is 2.61. The molecule has 1 aromatic carbocycles. The van der Waals surface area contributed by atoms with Gasteiger partial charge >= 0.3 is 6.03 Å². The minimum atomic E-state index is -0.267. The maximum absolute atomic E-state index is 11.4. The second-order valence-electron chi connectivity index (χ2n) is 3.64. The molecule has 0 spiro atoms. The highest BCUT2D eigenvalue weighted by atomic mass is 16.2. The van der Waals surface area contributed by atoms with Gasteiger partial charge in [-0.15, -0.1) is 0 Å². The molecule has 0 heterocycles. The minimum absolute atomic E-state index is 0.132. The van der Waals surface area contributed by atoms with E-state index in [4.69, 9.17) is 0 Å². The fraction of sp³-hybridized carbons (Fsp3) is 0.333. The number of benzene rings is 1. The van der Waals surface area contributed by atoms with Gasteiger partial charge in [0.25, 0.3) is 0 Å². The van der Waals surface area contributed by atoms with Gasteiger partial charge in [-0.25, -0.2) is 4.79 Å². The second kappa shape index (κ2) is 7.29. The van der Waals surface area contributed by atoms with Crippen LogP contribution in [-0.4, -0.2) is 32.1 Å². The summed E-state index contributed by atoms with van der Waals surface area (Å²) in [5.41, 5.74) is 1.27. The Morgan fingerprint density at radius 3 is 2.44 bits per heavy atom. The summed E-state index contributed by atoms with van der Waals surface area (Å²) in [7, 11) is 1.70. The van der Waals surface area contributed by atoms with E-state index in [0.717, 1.165) is 0 Å². The molecular weight excluding hydrogens is 232 g/mol. The number of likely N-dealkylation sites (N-methyl/N-ethyl adjacent to an activating group) is 1. The molecule has 0 saturated carbocycles. The Hall–Kier alpha value is -2.08. The highest BCUT2D eigenvalue weighted by Crippen LogP contribution is 2.14. The van der Waals surface area contributed by atoms with E-state index in [1.54, 1.807) is 31.3 Å². The van der Waals surface area contributed by atoms with Crippen LogP contribution in [0.5, 0.6) is 0 Å². The predicted molar refractivity (Wildman–Crippen MR) is 71.7 cm³/mol. The molecule has 0 aromatic heterocycles. The van der Waals surface area contributed by atoms with Gasteiger partial charge in [-0.1, -0.05) is 6.07 Å². The van der Waals surface area contributed by atoms with Crippen LogP contribution in [0.2, 0.25) is 0 Å². The molecule has 98 valence electrons.